The SMILES string of the molecule is Cc1nnc(S(=O)(=O)n2c(NC=O)nc3cc(C(=O)C4CCCCCC4)ccc32)s1. The fourth-order valence-electron chi connectivity index (χ4n) is 3.84. The van der Waals surface area contributed by atoms with E-state index in [1.165, 1.54) is 0 Å². The third kappa shape index (κ3) is 3.74. The molecule has 158 valence electrons. The van der Waals surface area contributed by atoms with Crippen LogP contribution in [0.2, 0.25) is 0 Å². The number of Topliss-reactive ketones (excluding diaryl/α,β-unsaturated/α-hetero) is 1. The van der Waals surface area contributed by atoms with Gasteiger partial charge in [0.1, 0.15) is 5.01 Å². The predicted octanol–water partition coefficient (Wildman–Crippen LogP) is 3.15. The van der Waals surface area contributed by atoms with Gasteiger partial charge in [-0.2, -0.15) is 12.4 Å². The highest BCUT2D eigenvalue weighted by molar-refractivity contribution is 7.92. The lowest BCUT2D eigenvalue weighted by Gasteiger charge is -2.12. The number of fused-ring (bicyclic) bond motifs is 1. The molecule has 1 amide bonds. The van der Waals surface area contributed by atoms with Crippen LogP contribution in [0.4, 0.5) is 5.95 Å². The summed E-state index contributed by atoms with van der Waals surface area (Å²) in [5, 5.41) is 10.3. The summed E-state index contributed by atoms with van der Waals surface area (Å²) in [4.78, 5) is 28.3. The summed E-state index contributed by atoms with van der Waals surface area (Å²) >= 11 is 0.928. The Morgan fingerprint density at radius 1 is 1.20 bits per heavy atom. The number of ketones is 1. The number of amides is 1. The Bertz CT molecular complexity index is 1210. The first kappa shape index (κ1) is 20.6. The van der Waals surface area contributed by atoms with Gasteiger partial charge in [-0.1, -0.05) is 37.0 Å². The Balaban J connectivity index is 1.79. The van der Waals surface area contributed by atoms with Crippen LogP contribution in [0.3, 0.4) is 0 Å². The number of aromatic nitrogens is 4. The van der Waals surface area contributed by atoms with Crippen LogP contribution >= 0.6 is 11.3 Å². The number of nitrogens with one attached hydrogen (secondary N) is 1. The zero-order valence-electron chi connectivity index (χ0n) is 16.4. The van der Waals surface area contributed by atoms with Crippen LogP contribution < -0.4 is 5.32 Å². The molecule has 0 atom stereocenters. The molecule has 1 N–H and O–H groups in total. The Morgan fingerprint density at radius 2 is 1.93 bits per heavy atom. The van der Waals surface area contributed by atoms with Gasteiger partial charge in [-0.25, -0.2) is 4.98 Å². The molecule has 1 saturated carbocycles. The van der Waals surface area contributed by atoms with Gasteiger partial charge in [-0.3, -0.25) is 14.9 Å². The monoisotopic (exact) mass is 447 g/mol. The molecular formula is C19H21N5O4S2. The van der Waals surface area contributed by atoms with Gasteiger partial charge >= 0.3 is 0 Å². The number of nitrogens with zero attached hydrogens (tertiary/aromatic N) is 4. The van der Waals surface area contributed by atoms with Crippen molar-refractivity contribution in [2.45, 2.75) is 49.8 Å². The smallest absolute Gasteiger partial charge is 0.298 e. The number of carbonyl (C=O) groups is 2. The van der Waals surface area contributed by atoms with Crippen LogP contribution in [0.1, 0.15) is 53.9 Å². The Kier molecular flexibility index (Phi) is 5.65. The second kappa shape index (κ2) is 8.23. The first-order chi connectivity index (χ1) is 14.4. The van der Waals surface area contributed by atoms with Crippen molar-refractivity contribution in [1.82, 2.24) is 19.2 Å². The van der Waals surface area contributed by atoms with Crippen LogP contribution in [0.5, 0.6) is 0 Å². The molecule has 1 aromatic carbocycles. The van der Waals surface area contributed by atoms with Crippen LogP contribution in [-0.4, -0.2) is 39.8 Å². The summed E-state index contributed by atoms with van der Waals surface area (Å²) < 4.78 is 27.0. The second-order valence-electron chi connectivity index (χ2n) is 7.31. The summed E-state index contributed by atoms with van der Waals surface area (Å²) in [5.74, 6) is -0.125. The summed E-state index contributed by atoms with van der Waals surface area (Å²) in [5.41, 5.74) is 1.06. The fourth-order valence-corrected chi connectivity index (χ4v) is 6.29. The minimum Gasteiger partial charge on any atom is -0.298 e. The predicted molar refractivity (Wildman–Crippen MR) is 112 cm³/mol. The summed E-state index contributed by atoms with van der Waals surface area (Å²) in [6.07, 6.45) is 6.48. The van der Waals surface area contributed by atoms with Gasteiger partial charge in [0.25, 0.3) is 14.4 Å². The van der Waals surface area contributed by atoms with Crippen LogP contribution in [0.25, 0.3) is 11.0 Å². The Hall–Kier alpha value is -2.66. The lowest BCUT2D eigenvalue weighted by atomic mass is 9.91. The van der Waals surface area contributed by atoms with Gasteiger partial charge in [0, 0.05) is 11.5 Å². The summed E-state index contributed by atoms with van der Waals surface area (Å²) in [6.45, 7) is 1.65. The van der Waals surface area contributed by atoms with Crippen molar-refractivity contribution < 1.29 is 18.0 Å². The highest BCUT2D eigenvalue weighted by Gasteiger charge is 2.29. The topological polar surface area (TPSA) is 124 Å². The van der Waals surface area contributed by atoms with Crippen molar-refractivity contribution in [2.75, 3.05) is 5.32 Å². The van der Waals surface area contributed by atoms with E-state index in [-0.39, 0.29) is 27.5 Å². The number of anilines is 1. The zero-order chi connectivity index (χ0) is 21.3. The first-order valence-corrected chi connectivity index (χ1v) is 12.0. The minimum atomic E-state index is -4.12. The maximum atomic E-state index is 13.1. The second-order valence-corrected chi connectivity index (χ2v) is 10.5. The van der Waals surface area contributed by atoms with E-state index in [4.69, 9.17) is 0 Å². The minimum absolute atomic E-state index is 0.0206. The molecule has 4 rings (SSSR count). The average Bonchev–Trinajstić information content (AvgIpc) is 3.21. The largest absolute Gasteiger partial charge is 0.300 e. The molecule has 2 heterocycles. The Labute approximate surface area is 177 Å². The summed E-state index contributed by atoms with van der Waals surface area (Å²) in [7, 11) is -4.12. The van der Waals surface area contributed by atoms with Crippen molar-refractivity contribution >= 4 is 50.5 Å². The molecule has 30 heavy (non-hydrogen) atoms. The lowest BCUT2D eigenvalue weighted by molar-refractivity contribution is -0.105. The van der Waals surface area contributed by atoms with Crippen molar-refractivity contribution in [1.29, 1.82) is 0 Å². The van der Waals surface area contributed by atoms with E-state index in [2.05, 4.69) is 20.5 Å². The third-order valence-corrected chi connectivity index (χ3v) is 8.17. The molecule has 11 heteroatoms. The lowest BCUT2D eigenvalue weighted by Crippen LogP contribution is -2.16. The normalized spacial score (nSPS) is 15.8. The van der Waals surface area contributed by atoms with Crippen LogP contribution in [0.15, 0.2) is 22.5 Å². The quantitative estimate of drug-likeness (QED) is 0.350. The summed E-state index contributed by atoms with van der Waals surface area (Å²) in [6, 6.07) is 4.77. The van der Waals surface area contributed by atoms with E-state index in [0.29, 0.717) is 22.5 Å². The number of hydrogen-bond acceptors (Lipinski definition) is 8. The number of rotatable bonds is 6. The maximum absolute atomic E-state index is 13.1. The van der Waals surface area contributed by atoms with Gasteiger partial charge in [0.15, 0.2) is 5.78 Å². The first-order valence-electron chi connectivity index (χ1n) is 9.74. The maximum Gasteiger partial charge on any atom is 0.300 e. The molecule has 0 bridgehead atoms. The highest BCUT2D eigenvalue weighted by atomic mass is 32.2. The van der Waals surface area contributed by atoms with Gasteiger partial charge < -0.3 is 0 Å². The van der Waals surface area contributed by atoms with Crippen molar-refractivity contribution in [3.63, 3.8) is 0 Å². The number of aryl methyl sites for hydroxylation is 1. The zero-order valence-corrected chi connectivity index (χ0v) is 18.0. The molecule has 0 aliphatic heterocycles. The molecule has 1 aliphatic rings. The van der Waals surface area contributed by atoms with Crippen molar-refractivity contribution in [3.8, 4) is 0 Å². The average molecular weight is 448 g/mol. The van der Waals surface area contributed by atoms with Gasteiger partial charge in [-0.15, -0.1) is 10.2 Å². The van der Waals surface area contributed by atoms with E-state index in [9.17, 15) is 18.0 Å². The molecular weight excluding hydrogens is 426 g/mol. The van der Waals surface area contributed by atoms with Crippen LogP contribution in [-0.2, 0) is 14.8 Å². The third-order valence-electron chi connectivity index (χ3n) is 5.28. The molecule has 2 aromatic heterocycles. The van der Waals surface area contributed by atoms with Crippen molar-refractivity contribution in [2.24, 2.45) is 5.92 Å². The van der Waals surface area contributed by atoms with E-state index < -0.39 is 10.0 Å². The number of imidazole rings is 1. The van der Waals surface area contributed by atoms with Crippen LogP contribution in [0, 0.1) is 12.8 Å². The molecule has 0 radical (unpaired) electrons. The highest BCUT2D eigenvalue weighted by Crippen LogP contribution is 2.30. The Morgan fingerprint density at radius 3 is 2.57 bits per heavy atom. The van der Waals surface area contributed by atoms with E-state index in [1.54, 1.807) is 25.1 Å². The number of benzene rings is 1. The van der Waals surface area contributed by atoms with E-state index >= 15 is 0 Å². The molecule has 9 nitrogen and oxygen atoms in total. The molecule has 0 unspecified atom stereocenters. The molecule has 1 fully saturated rings. The molecule has 3 aromatic rings. The standard InChI is InChI=1S/C19H21N5O4S2/c1-12-22-23-19(29-12)30(27,28)24-16-9-8-14(10-15(16)21-18(24)20-11-25)17(26)13-6-4-2-3-5-7-13/h8-11,13H,2-7H2,1H3,(H,20,21,25). The van der Waals surface area contributed by atoms with Crippen molar-refractivity contribution in [3.05, 3.63) is 28.8 Å². The number of carbonyl (C=O) groups excluding carboxylic acids is 2. The van der Waals surface area contributed by atoms with Gasteiger partial charge in [-0.05, 0) is 38.0 Å². The van der Waals surface area contributed by atoms with E-state index in [0.717, 1.165) is 53.8 Å². The molecule has 1 aliphatic carbocycles. The van der Waals surface area contributed by atoms with Gasteiger partial charge in [0.2, 0.25) is 12.4 Å². The molecule has 0 saturated heterocycles. The van der Waals surface area contributed by atoms with E-state index in [1.807, 2.05) is 0 Å². The number of hydrogen-bond donors (Lipinski definition) is 1. The van der Waals surface area contributed by atoms with Gasteiger partial charge in [0.05, 0.1) is 11.0 Å². The fraction of sp³-hybridized carbons (Fsp3) is 0.421. The molecule has 0 spiro atoms.